The van der Waals surface area contributed by atoms with Gasteiger partial charge in [-0.1, -0.05) is 60.1 Å². The Morgan fingerprint density at radius 3 is 2.39 bits per heavy atom. The van der Waals surface area contributed by atoms with Crippen molar-refractivity contribution in [3.05, 3.63) is 41.2 Å². The number of morpholine rings is 1. The Kier molecular flexibility index (Phi) is 12.2. The normalized spacial score (nSPS) is 36.4. The number of aliphatic hydroxyl groups is 1. The van der Waals surface area contributed by atoms with E-state index in [1.807, 2.05) is 18.5 Å². The van der Waals surface area contributed by atoms with E-state index in [0.29, 0.717) is 31.3 Å². The van der Waals surface area contributed by atoms with Crippen LogP contribution in [-0.4, -0.2) is 101 Å². The molecule has 10 heteroatoms. The Hall–Kier alpha value is -2.66. The Labute approximate surface area is 354 Å². The highest BCUT2D eigenvalue weighted by molar-refractivity contribution is 6.00. The third kappa shape index (κ3) is 7.66. The van der Waals surface area contributed by atoms with Gasteiger partial charge in [0.25, 0.3) is 0 Å². The maximum atomic E-state index is 14.4. The Bertz CT molecular complexity index is 1770. The van der Waals surface area contributed by atoms with E-state index in [2.05, 4.69) is 69.3 Å². The van der Waals surface area contributed by atoms with Gasteiger partial charge in [-0.3, -0.25) is 29.2 Å². The summed E-state index contributed by atoms with van der Waals surface area (Å²) < 4.78 is 11.8. The molecule has 4 saturated carbocycles. The number of fused-ring (bicyclic) bond motifs is 7. The molecule has 0 radical (unpaired) electrons. The first-order valence-electron chi connectivity index (χ1n) is 23.0. The molecule has 5 fully saturated rings. The SMILES string of the molecule is CC(C)C1=C2[C@H]3CC[C@@H]4[C@@]5(C)CC[C@H](OC(=O)CC(C)(C)C(=O)O)C(C)(C)[C@@H]5CC[C@@]4(C)[C@]3(C)CC[C@@]2([C@@H](O)CN(CCN2CCOCC2)Cc2cccnc2)CC1=O. The number of aliphatic carboxylic acids is 1. The number of carboxylic acids is 1. The number of nitrogens with zero attached hydrogens (tertiary/aromatic N) is 3. The summed E-state index contributed by atoms with van der Waals surface area (Å²) in [7, 11) is 0. The molecule has 0 aromatic carbocycles. The Morgan fingerprint density at radius 1 is 1.00 bits per heavy atom. The van der Waals surface area contributed by atoms with Crippen LogP contribution in [-0.2, 0) is 30.4 Å². The van der Waals surface area contributed by atoms with E-state index in [9.17, 15) is 24.6 Å². The lowest BCUT2D eigenvalue weighted by Crippen LogP contribution is -2.66. The van der Waals surface area contributed by atoms with E-state index in [-0.39, 0.29) is 51.8 Å². The fourth-order valence-corrected chi connectivity index (χ4v) is 14.4. The second-order valence-corrected chi connectivity index (χ2v) is 22.1. The van der Waals surface area contributed by atoms with Crippen LogP contribution >= 0.6 is 0 Å². The Balaban J connectivity index is 1.15. The number of hydrogen-bond donors (Lipinski definition) is 2. The number of allylic oxidation sites excluding steroid dienone is 1. The van der Waals surface area contributed by atoms with E-state index in [1.54, 1.807) is 13.8 Å². The van der Waals surface area contributed by atoms with Gasteiger partial charge in [0.05, 0.1) is 31.2 Å². The molecule has 2 N–H and O–H groups in total. The molecule has 2 heterocycles. The number of carboxylic acid groups (broad SMARTS) is 1. The number of carbonyl (C=O) groups excluding carboxylic acids is 2. The average molecular weight is 818 g/mol. The summed E-state index contributed by atoms with van der Waals surface area (Å²) in [5.74, 6) is 0.00584. The molecule has 1 saturated heterocycles. The second-order valence-electron chi connectivity index (χ2n) is 22.1. The molecule has 0 unspecified atom stereocenters. The van der Waals surface area contributed by atoms with E-state index in [0.717, 1.165) is 102 Å². The van der Waals surface area contributed by atoms with Gasteiger partial charge in [0.15, 0.2) is 5.78 Å². The van der Waals surface area contributed by atoms with Crippen LogP contribution in [0.2, 0.25) is 0 Å². The minimum Gasteiger partial charge on any atom is -0.481 e. The average Bonchev–Trinajstić information content (AvgIpc) is 3.49. The van der Waals surface area contributed by atoms with Crippen molar-refractivity contribution >= 4 is 17.7 Å². The van der Waals surface area contributed by atoms with Gasteiger partial charge in [-0.2, -0.15) is 0 Å². The van der Waals surface area contributed by atoms with E-state index in [4.69, 9.17) is 9.47 Å². The predicted molar refractivity (Wildman–Crippen MR) is 228 cm³/mol. The van der Waals surface area contributed by atoms with Crippen LogP contribution in [0.5, 0.6) is 0 Å². The number of ketones is 1. The van der Waals surface area contributed by atoms with Crippen LogP contribution < -0.4 is 0 Å². The monoisotopic (exact) mass is 818 g/mol. The lowest BCUT2D eigenvalue weighted by atomic mass is 9.33. The first-order valence-corrected chi connectivity index (χ1v) is 23.0. The third-order valence-electron chi connectivity index (χ3n) is 17.9. The summed E-state index contributed by atoms with van der Waals surface area (Å²) in [6, 6.07) is 4.10. The minimum absolute atomic E-state index is 0.0329. The molecular formula is C49H75N3O7. The van der Waals surface area contributed by atoms with Crippen LogP contribution in [0.4, 0.5) is 0 Å². The number of rotatable bonds is 13. The summed E-state index contributed by atoms with van der Waals surface area (Å²) in [6.45, 7) is 26.1. The number of ether oxygens (including phenoxy) is 2. The van der Waals surface area contributed by atoms with Crippen molar-refractivity contribution in [1.82, 2.24) is 14.8 Å². The molecule has 5 aliphatic carbocycles. The highest BCUT2D eigenvalue weighted by Crippen LogP contribution is 2.77. The van der Waals surface area contributed by atoms with Crippen molar-refractivity contribution < 1.29 is 34.1 Å². The maximum absolute atomic E-state index is 14.4. The fraction of sp³-hybridized carbons (Fsp3) is 0.796. The number of aliphatic hydroxyl groups excluding tert-OH is 1. The molecule has 1 aromatic heterocycles. The summed E-state index contributed by atoms with van der Waals surface area (Å²) in [4.78, 5) is 48.7. The molecule has 10 nitrogen and oxygen atoms in total. The van der Waals surface area contributed by atoms with E-state index >= 15 is 0 Å². The first-order chi connectivity index (χ1) is 27.7. The molecule has 9 atom stereocenters. The van der Waals surface area contributed by atoms with Crippen molar-refractivity contribution in [2.45, 2.75) is 145 Å². The lowest BCUT2D eigenvalue weighted by Gasteiger charge is -2.72. The molecule has 0 amide bonds. The summed E-state index contributed by atoms with van der Waals surface area (Å²) in [5.41, 5.74) is 1.51. The second kappa shape index (κ2) is 16.2. The zero-order chi connectivity index (χ0) is 42.8. The first kappa shape index (κ1) is 44.4. The zero-order valence-corrected chi connectivity index (χ0v) is 37.8. The van der Waals surface area contributed by atoms with Gasteiger partial charge in [-0.05, 0) is 122 Å². The molecule has 328 valence electrons. The summed E-state index contributed by atoms with van der Waals surface area (Å²) in [6.07, 6.45) is 10.9. The maximum Gasteiger partial charge on any atom is 0.309 e. The van der Waals surface area contributed by atoms with Crippen LogP contribution in [0.1, 0.15) is 132 Å². The predicted octanol–water partition coefficient (Wildman–Crippen LogP) is 7.97. The van der Waals surface area contributed by atoms with Crippen LogP contribution in [0, 0.1) is 56.2 Å². The largest absolute Gasteiger partial charge is 0.481 e. The number of hydrogen-bond acceptors (Lipinski definition) is 9. The van der Waals surface area contributed by atoms with Crippen molar-refractivity contribution in [2.24, 2.45) is 56.2 Å². The molecule has 0 spiro atoms. The topological polar surface area (TPSA) is 130 Å². The number of aromatic nitrogens is 1. The fourth-order valence-electron chi connectivity index (χ4n) is 14.4. The van der Waals surface area contributed by atoms with Gasteiger partial charge in [0.1, 0.15) is 6.10 Å². The van der Waals surface area contributed by atoms with Gasteiger partial charge in [0.2, 0.25) is 0 Å². The van der Waals surface area contributed by atoms with Crippen LogP contribution in [0.25, 0.3) is 0 Å². The van der Waals surface area contributed by atoms with Gasteiger partial charge in [-0.15, -0.1) is 0 Å². The third-order valence-corrected chi connectivity index (χ3v) is 17.9. The number of carbonyl (C=O) groups is 3. The molecular weight excluding hydrogens is 743 g/mol. The molecule has 0 bridgehead atoms. The van der Waals surface area contributed by atoms with Crippen LogP contribution in [0.3, 0.4) is 0 Å². The number of esters is 1. The highest BCUT2D eigenvalue weighted by Gasteiger charge is 2.71. The van der Waals surface area contributed by atoms with E-state index in [1.165, 1.54) is 5.57 Å². The van der Waals surface area contributed by atoms with Crippen molar-refractivity contribution in [1.29, 1.82) is 0 Å². The van der Waals surface area contributed by atoms with Crippen molar-refractivity contribution in [3.63, 3.8) is 0 Å². The lowest BCUT2D eigenvalue weighted by molar-refractivity contribution is -0.235. The molecule has 7 rings (SSSR count). The molecule has 1 aromatic rings. The van der Waals surface area contributed by atoms with Gasteiger partial charge in [0, 0.05) is 68.9 Å². The Morgan fingerprint density at radius 2 is 1.73 bits per heavy atom. The molecule has 1 aliphatic heterocycles. The zero-order valence-electron chi connectivity index (χ0n) is 37.8. The van der Waals surface area contributed by atoms with Gasteiger partial charge >= 0.3 is 11.9 Å². The molecule has 6 aliphatic rings. The van der Waals surface area contributed by atoms with Crippen LogP contribution in [0.15, 0.2) is 35.7 Å². The minimum atomic E-state index is -1.17. The molecule has 59 heavy (non-hydrogen) atoms. The summed E-state index contributed by atoms with van der Waals surface area (Å²) >= 11 is 0. The number of pyridine rings is 1. The van der Waals surface area contributed by atoms with Gasteiger partial charge < -0.3 is 19.7 Å². The van der Waals surface area contributed by atoms with E-state index < -0.39 is 28.9 Å². The highest BCUT2D eigenvalue weighted by atomic mass is 16.5. The number of Topliss-reactive ketones (excluding diaryl/α,β-unsaturated/α-hetero) is 1. The van der Waals surface area contributed by atoms with Crippen molar-refractivity contribution in [2.75, 3.05) is 45.9 Å². The smallest absolute Gasteiger partial charge is 0.309 e. The standard InChI is InChI=1S/C49H75N3O7/c1-32(2)41-35(53)27-49(38(54)31-52(30-33-11-10-20-50-29-33)22-21-51-23-25-58-26-24-51)19-18-47(8)34(42(41)49)12-13-37-46(7)16-15-39(59-40(55)28-44(3,4)43(56)57)45(5,6)36(46)14-17-48(37,47)9/h10-11,20,29,32,34,36-39,54H,12-19,21-28,30-31H2,1-9H3,(H,56,57)/t34-,36+,37-,38+,39+,46+,47-,48-,49+/m1/s1. The van der Waals surface area contributed by atoms with Crippen molar-refractivity contribution in [3.8, 4) is 0 Å². The quantitative estimate of drug-likeness (QED) is 0.189. The van der Waals surface area contributed by atoms with Gasteiger partial charge in [-0.25, -0.2) is 0 Å². The summed E-state index contributed by atoms with van der Waals surface area (Å²) in [5, 5.41) is 22.5.